The van der Waals surface area contributed by atoms with Crippen molar-refractivity contribution in [2.24, 2.45) is 11.8 Å². The van der Waals surface area contributed by atoms with Crippen LogP contribution in [0.15, 0.2) is 28.4 Å². The van der Waals surface area contributed by atoms with Crippen molar-refractivity contribution in [3.05, 3.63) is 34.1 Å². The molecule has 0 bridgehead atoms. The van der Waals surface area contributed by atoms with Gasteiger partial charge in [0.1, 0.15) is 11.6 Å². The number of rotatable bonds is 3. The molecular formula is C18H23N5S. The van der Waals surface area contributed by atoms with Crippen molar-refractivity contribution < 1.29 is 0 Å². The zero-order chi connectivity index (χ0) is 17.1. The van der Waals surface area contributed by atoms with E-state index in [-0.39, 0.29) is 0 Å². The number of allylic oxidation sites excluding steroid dienone is 2. The van der Waals surface area contributed by atoms with Gasteiger partial charge in [-0.05, 0) is 36.7 Å². The maximum absolute atomic E-state index is 9.55. The second-order valence-corrected chi connectivity index (χ2v) is 7.52. The molecule has 24 heavy (non-hydrogen) atoms. The minimum atomic E-state index is 0.394. The summed E-state index contributed by atoms with van der Waals surface area (Å²) in [6, 6.07) is 4.46. The van der Waals surface area contributed by atoms with Gasteiger partial charge in [0.2, 0.25) is 5.95 Å². The average Bonchev–Trinajstić information content (AvgIpc) is 2.99. The highest BCUT2D eigenvalue weighted by molar-refractivity contribution is 8.06. The number of nitrogens with one attached hydrogen (secondary N) is 2. The molecule has 2 N–H and O–H groups in total. The van der Waals surface area contributed by atoms with Crippen LogP contribution in [0.3, 0.4) is 0 Å². The van der Waals surface area contributed by atoms with E-state index in [1.807, 2.05) is 12.3 Å². The Bertz CT molecular complexity index is 718. The molecule has 3 unspecified atom stereocenters. The van der Waals surface area contributed by atoms with Crippen molar-refractivity contribution in [1.82, 2.24) is 15.3 Å². The topological polar surface area (TPSA) is 73.6 Å². The normalized spacial score (nSPS) is 28.6. The summed E-state index contributed by atoms with van der Waals surface area (Å²) in [6.45, 7) is 6.58. The second kappa shape index (κ2) is 7.27. The number of nitriles is 1. The van der Waals surface area contributed by atoms with Crippen molar-refractivity contribution in [2.75, 3.05) is 5.32 Å². The molecule has 0 saturated heterocycles. The SMILES string of the molecule is CC1=CSC(=C(C#N)c2ccnc(NC3CCCC(C)C3C)n2)N1. The molecule has 1 aliphatic carbocycles. The molecule has 1 fully saturated rings. The average molecular weight is 341 g/mol. The lowest BCUT2D eigenvalue weighted by Gasteiger charge is -2.34. The number of anilines is 1. The van der Waals surface area contributed by atoms with Crippen molar-refractivity contribution in [1.29, 1.82) is 5.26 Å². The van der Waals surface area contributed by atoms with Gasteiger partial charge in [-0.2, -0.15) is 5.26 Å². The molecule has 6 heteroatoms. The predicted molar refractivity (Wildman–Crippen MR) is 98.6 cm³/mol. The van der Waals surface area contributed by atoms with E-state index in [0.29, 0.717) is 35.1 Å². The Kier molecular flexibility index (Phi) is 5.10. The van der Waals surface area contributed by atoms with E-state index in [9.17, 15) is 5.26 Å². The highest BCUT2D eigenvalue weighted by atomic mass is 32.2. The van der Waals surface area contributed by atoms with E-state index in [0.717, 1.165) is 17.1 Å². The Morgan fingerprint density at radius 1 is 1.42 bits per heavy atom. The first-order valence-corrected chi connectivity index (χ1v) is 9.31. The van der Waals surface area contributed by atoms with E-state index in [1.165, 1.54) is 24.6 Å². The highest BCUT2D eigenvalue weighted by Crippen LogP contribution is 2.32. The van der Waals surface area contributed by atoms with E-state index in [2.05, 4.69) is 40.5 Å². The minimum absolute atomic E-state index is 0.394. The summed E-state index contributed by atoms with van der Waals surface area (Å²) in [5, 5.41) is 19.1. The fraction of sp³-hybridized carbons (Fsp3) is 0.500. The van der Waals surface area contributed by atoms with Crippen LogP contribution in [0.5, 0.6) is 0 Å². The number of thioether (sulfide) groups is 1. The first-order chi connectivity index (χ1) is 11.6. The Hall–Kier alpha value is -2.00. The molecule has 0 amide bonds. The molecule has 2 heterocycles. The molecule has 1 aromatic heterocycles. The first-order valence-electron chi connectivity index (χ1n) is 8.43. The van der Waals surface area contributed by atoms with Crippen LogP contribution in [0.25, 0.3) is 5.57 Å². The zero-order valence-corrected chi connectivity index (χ0v) is 15.2. The van der Waals surface area contributed by atoms with Gasteiger partial charge in [0.05, 0.1) is 10.7 Å². The van der Waals surface area contributed by atoms with Crippen LogP contribution in [0.4, 0.5) is 5.95 Å². The molecule has 2 aliphatic rings. The van der Waals surface area contributed by atoms with Crippen LogP contribution in [-0.4, -0.2) is 16.0 Å². The molecule has 126 valence electrons. The smallest absolute Gasteiger partial charge is 0.223 e. The summed E-state index contributed by atoms with van der Waals surface area (Å²) >= 11 is 1.52. The monoisotopic (exact) mass is 341 g/mol. The molecule has 3 atom stereocenters. The van der Waals surface area contributed by atoms with Gasteiger partial charge in [-0.3, -0.25) is 0 Å². The molecule has 1 aromatic rings. The number of hydrogen-bond donors (Lipinski definition) is 2. The maximum atomic E-state index is 9.55. The van der Waals surface area contributed by atoms with Crippen LogP contribution < -0.4 is 10.6 Å². The lowest BCUT2D eigenvalue weighted by molar-refractivity contribution is 0.252. The van der Waals surface area contributed by atoms with Gasteiger partial charge < -0.3 is 10.6 Å². The van der Waals surface area contributed by atoms with Crippen LogP contribution in [0.1, 0.15) is 45.7 Å². The predicted octanol–water partition coefficient (Wildman–Crippen LogP) is 4.10. The van der Waals surface area contributed by atoms with E-state index >= 15 is 0 Å². The van der Waals surface area contributed by atoms with Gasteiger partial charge in [0.15, 0.2) is 0 Å². The van der Waals surface area contributed by atoms with Gasteiger partial charge in [-0.1, -0.05) is 38.5 Å². The van der Waals surface area contributed by atoms with Crippen molar-refractivity contribution in [3.63, 3.8) is 0 Å². The van der Waals surface area contributed by atoms with Crippen molar-refractivity contribution >= 4 is 23.3 Å². The summed E-state index contributed by atoms with van der Waals surface area (Å²) in [6.07, 6.45) is 5.40. The lowest BCUT2D eigenvalue weighted by atomic mass is 9.78. The lowest BCUT2D eigenvalue weighted by Crippen LogP contribution is -2.35. The van der Waals surface area contributed by atoms with Crippen LogP contribution in [-0.2, 0) is 0 Å². The standard InChI is InChI=1S/C18H23N5S/c1-11-5-4-6-15(13(11)3)22-18-20-8-7-16(23-18)14(9-19)17-21-12(2)10-24-17/h7-8,10-11,13,15,21H,4-6H2,1-3H3,(H,20,22,23). The first kappa shape index (κ1) is 16.8. The van der Waals surface area contributed by atoms with Crippen LogP contribution in [0, 0.1) is 23.2 Å². The largest absolute Gasteiger partial charge is 0.352 e. The van der Waals surface area contributed by atoms with Crippen LogP contribution >= 0.6 is 11.8 Å². The Labute approximate surface area is 147 Å². The van der Waals surface area contributed by atoms with Crippen molar-refractivity contribution in [2.45, 2.75) is 46.1 Å². The third-order valence-electron chi connectivity index (χ3n) is 4.94. The number of aromatic nitrogens is 2. The summed E-state index contributed by atoms with van der Waals surface area (Å²) < 4.78 is 0. The third-order valence-corrected chi connectivity index (χ3v) is 5.95. The van der Waals surface area contributed by atoms with Gasteiger partial charge in [0.25, 0.3) is 0 Å². The molecule has 0 aromatic carbocycles. The summed E-state index contributed by atoms with van der Waals surface area (Å²) in [5.74, 6) is 1.92. The molecule has 0 radical (unpaired) electrons. The summed E-state index contributed by atoms with van der Waals surface area (Å²) in [7, 11) is 0. The Morgan fingerprint density at radius 2 is 2.25 bits per heavy atom. The second-order valence-electron chi connectivity index (χ2n) is 6.64. The molecule has 5 nitrogen and oxygen atoms in total. The third kappa shape index (κ3) is 3.57. The number of nitrogens with zero attached hydrogens (tertiary/aromatic N) is 3. The van der Waals surface area contributed by atoms with Gasteiger partial charge >= 0.3 is 0 Å². The van der Waals surface area contributed by atoms with Crippen molar-refractivity contribution in [3.8, 4) is 6.07 Å². The van der Waals surface area contributed by atoms with Gasteiger partial charge in [-0.15, -0.1) is 0 Å². The Balaban J connectivity index is 1.81. The summed E-state index contributed by atoms with van der Waals surface area (Å²) in [5.41, 5.74) is 2.26. The van der Waals surface area contributed by atoms with E-state index in [4.69, 9.17) is 0 Å². The molecule has 3 rings (SSSR count). The van der Waals surface area contributed by atoms with E-state index in [1.54, 1.807) is 12.3 Å². The van der Waals surface area contributed by atoms with E-state index < -0.39 is 0 Å². The summed E-state index contributed by atoms with van der Waals surface area (Å²) in [4.78, 5) is 8.94. The maximum Gasteiger partial charge on any atom is 0.223 e. The molecule has 1 aliphatic heterocycles. The fourth-order valence-electron chi connectivity index (χ4n) is 3.25. The van der Waals surface area contributed by atoms with Crippen LogP contribution in [0.2, 0.25) is 0 Å². The fourth-order valence-corrected chi connectivity index (χ4v) is 4.09. The molecule has 1 saturated carbocycles. The minimum Gasteiger partial charge on any atom is -0.352 e. The number of hydrogen-bond acceptors (Lipinski definition) is 6. The van der Waals surface area contributed by atoms with Gasteiger partial charge in [0, 0.05) is 17.9 Å². The Morgan fingerprint density at radius 3 is 2.96 bits per heavy atom. The quantitative estimate of drug-likeness (QED) is 0.806. The van der Waals surface area contributed by atoms with Gasteiger partial charge in [-0.25, -0.2) is 9.97 Å². The molecular weight excluding hydrogens is 318 g/mol. The molecule has 0 spiro atoms. The zero-order valence-electron chi connectivity index (χ0n) is 14.3. The highest BCUT2D eigenvalue weighted by Gasteiger charge is 2.27.